The van der Waals surface area contributed by atoms with Gasteiger partial charge in [0, 0.05) is 24.8 Å². The van der Waals surface area contributed by atoms with Gasteiger partial charge in [0.05, 0.1) is 11.6 Å². The highest BCUT2D eigenvalue weighted by Crippen LogP contribution is 2.24. The monoisotopic (exact) mass is 208 g/mol. The lowest BCUT2D eigenvalue weighted by atomic mass is 9.89. The fraction of sp³-hybridized carbons (Fsp3) is 0.600. The fourth-order valence-electron chi connectivity index (χ4n) is 1.78. The summed E-state index contributed by atoms with van der Waals surface area (Å²) >= 11 is 0. The lowest BCUT2D eigenvalue weighted by Gasteiger charge is -2.21. The minimum atomic E-state index is -0.246. The van der Waals surface area contributed by atoms with Gasteiger partial charge in [-0.3, -0.25) is 9.89 Å². The van der Waals surface area contributed by atoms with E-state index in [4.69, 9.17) is 0 Å². The quantitative estimate of drug-likeness (QED) is 0.656. The van der Waals surface area contributed by atoms with E-state index in [0.29, 0.717) is 6.54 Å². The largest absolute Gasteiger partial charge is 0.351 e. The van der Waals surface area contributed by atoms with Crippen molar-refractivity contribution >= 4 is 5.91 Å². The predicted octanol–water partition coefficient (Wildman–Crippen LogP) is 0.0255. The van der Waals surface area contributed by atoms with Crippen LogP contribution in [0.4, 0.5) is 0 Å². The molecule has 0 aliphatic carbocycles. The number of nitrogens with one attached hydrogen (secondary N) is 3. The van der Waals surface area contributed by atoms with E-state index in [9.17, 15) is 4.79 Å². The summed E-state index contributed by atoms with van der Waals surface area (Å²) in [6.07, 6.45) is 4.41. The molecule has 2 rings (SSSR count). The van der Waals surface area contributed by atoms with Gasteiger partial charge in [0.15, 0.2) is 0 Å². The summed E-state index contributed by atoms with van der Waals surface area (Å²) in [5.41, 5.74) is 0.752. The molecule has 0 spiro atoms. The Hall–Kier alpha value is -1.36. The first kappa shape index (κ1) is 10.2. The average Bonchev–Trinajstić information content (AvgIpc) is 2.85. The summed E-state index contributed by atoms with van der Waals surface area (Å²) in [4.78, 5) is 11.9. The van der Waals surface area contributed by atoms with Gasteiger partial charge in [0.25, 0.3) is 0 Å². The molecule has 1 fully saturated rings. The summed E-state index contributed by atoms with van der Waals surface area (Å²) in [5, 5.41) is 12.7. The van der Waals surface area contributed by atoms with Gasteiger partial charge < -0.3 is 10.6 Å². The van der Waals surface area contributed by atoms with Gasteiger partial charge in [-0.25, -0.2) is 0 Å². The van der Waals surface area contributed by atoms with Crippen LogP contribution < -0.4 is 10.6 Å². The number of amides is 1. The third kappa shape index (κ3) is 2.18. The van der Waals surface area contributed by atoms with E-state index in [-0.39, 0.29) is 11.3 Å². The van der Waals surface area contributed by atoms with Crippen molar-refractivity contribution in [2.24, 2.45) is 5.41 Å². The Morgan fingerprint density at radius 1 is 1.73 bits per heavy atom. The van der Waals surface area contributed by atoms with Gasteiger partial charge in [0.1, 0.15) is 0 Å². The van der Waals surface area contributed by atoms with E-state index in [1.165, 1.54) is 0 Å². The van der Waals surface area contributed by atoms with E-state index in [1.807, 2.05) is 6.92 Å². The van der Waals surface area contributed by atoms with Gasteiger partial charge in [-0.1, -0.05) is 0 Å². The van der Waals surface area contributed by atoms with Crippen molar-refractivity contribution in [3.63, 3.8) is 0 Å². The van der Waals surface area contributed by atoms with Crippen molar-refractivity contribution in [2.75, 3.05) is 13.1 Å². The van der Waals surface area contributed by atoms with Crippen LogP contribution in [-0.4, -0.2) is 29.2 Å². The number of carbonyl (C=O) groups excluding carboxylic acids is 1. The van der Waals surface area contributed by atoms with Crippen LogP contribution in [0, 0.1) is 5.41 Å². The highest BCUT2D eigenvalue weighted by atomic mass is 16.2. The average molecular weight is 208 g/mol. The third-order valence-electron chi connectivity index (χ3n) is 2.92. The van der Waals surface area contributed by atoms with Gasteiger partial charge >= 0.3 is 0 Å². The number of H-pyrrole nitrogens is 1. The van der Waals surface area contributed by atoms with Crippen LogP contribution in [-0.2, 0) is 11.3 Å². The highest BCUT2D eigenvalue weighted by molar-refractivity contribution is 5.82. The SMILES string of the molecule is CC1(C(=O)NCc2cn[nH]c2)CCNC1. The van der Waals surface area contributed by atoms with Crippen LogP contribution >= 0.6 is 0 Å². The Bertz CT molecular complexity index is 327. The van der Waals surface area contributed by atoms with Crippen molar-refractivity contribution in [2.45, 2.75) is 19.9 Å². The minimum absolute atomic E-state index is 0.119. The van der Waals surface area contributed by atoms with Crippen molar-refractivity contribution < 1.29 is 4.79 Å². The number of aromatic amines is 1. The summed E-state index contributed by atoms with van der Waals surface area (Å²) < 4.78 is 0. The van der Waals surface area contributed by atoms with Crippen molar-refractivity contribution in [1.29, 1.82) is 0 Å². The molecule has 0 aromatic carbocycles. The first-order valence-electron chi connectivity index (χ1n) is 5.17. The van der Waals surface area contributed by atoms with Gasteiger partial charge in [0.2, 0.25) is 5.91 Å². The zero-order chi connectivity index (χ0) is 10.7. The Balaban J connectivity index is 1.87. The van der Waals surface area contributed by atoms with Crippen LogP contribution in [0.25, 0.3) is 0 Å². The van der Waals surface area contributed by atoms with Crippen molar-refractivity contribution in [3.8, 4) is 0 Å². The maximum atomic E-state index is 11.9. The van der Waals surface area contributed by atoms with Crippen molar-refractivity contribution in [3.05, 3.63) is 18.0 Å². The molecule has 5 nitrogen and oxygen atoms in total. The Kier molecular flexibility index (Phi) is 2.73. The molecule has 0 bridgehead atoms. The summed E-state index contributed by atoms with van der Waals surface area (Å²) in [6.45, 7) is 4.24. The van der Waals surface area contributed by atoms with Crippen LogP contribution in [0.15, 0.2) is 12.4 Å². The minimum Gasteiger partial charge on any atom is -0.351 e. The first-order valence-corrected chi connectivity index (χ1v) is 5.17. The maximum absolute atomic E-state index is 11.9. The van der Waals surface area contributed by atoms with Gasteiger partial charge in [-0.15, -0.1) is 0 Å². The molecule has 3 N–H and O–H groups in total. The molecule has 1 aromatic heterocycles. The number of aromatic nitrogens is 2. The molecular weight excluding hydrogens is 192 g/mol. The first-order chi connectivity index (χ1) is 7.21. The topological polar surface area (TPSA) is 69.8 Å². The smallest absolute Gasteiger partial charge is 0.227 e. The maximum Gasteiger partial charge on any atom is 0.227 e. The molecule has 1 saturated heterocycles. The van der Waals surface area contributed by atoms with Crippen LogP contribution in [0.3, 0.4) is 0 Å². The fourth-order valence-corrected chi connectivity index (χ4v) is 1.78. The molecule has 82 valence electrons. The summed E-state index contributed by atoms with van der Waals surface area (Å²) in [7, 11) is 0. The molecule has 1 aliphatic heterocycles. The van der Waals surface area contributed by atoms with E-state index in [1.54, 1.807) is 12.4 Å². The second kappa shape index (κ2) is 4.02. The number of nitrogens with zero attached hydrogens (tertiary/aromatic N) is 1. The van der Waals surface area contributed by atoms with E-state index >= 15 is 0 Å². The Labute approximate surface area is 88.6 Å². The Morgan fingerprint density at radius 3 is 3.20 bits per heavy atom. The summed E-state index contributed by atoms with van der Waals surface area (Å²) in [6, 6.07) is 0. The van der Waals surface area contributed by atoms with Gasteiger partial charge in [-0.2, -0.15) is 5.10 Å². The molecule has 2 heterocycles. The number of rotatable bonds is 3. The molecule has 15 heavy (non-hydrogen) atoms. The molecule has 1 aromatic rings. The summed E-state index contributed by atoms with van der Waals surface area (Å²) in [5.74, 6) is 0.119. The van der Waals surface area contributed by atoms with Gasteiger partial charge in [-0.05, 0) is 19.9 Å². The lowest BCUT2D eigenvalue weighted by Crippen LogP contribution is -2.39. The molecule has 1 unspecified atom stereocenters. The zero-order valence-corrected chi connectivity index (χ0v) is 8.84. The second-order valence-electron chi connectivity index (χ2n) is 4.28. The highest BCUT2D eigenvalue weighted by Gasteiger charge is 2.35. The number of carbonyl (C=O) groups is 1. The van der Waals surface area contributed by atoms with E-state index < -0.39 is 0 Å². The molecule has 1 aliphatic rings. The zero-order valence-electron chi connectivity index (χ0n) is 8.84. The predicted molar refractivity (Wildman–Crippen MR) is 56.0 cm³/mol. The molecule has 1 atom stereocenters. The lowest BCUT2D eigenvalue weighted by molar-refractivity contribution is -0.129. The second-order valence-corrected chi connectivity index (χ2v) is 4.28. The normalized spacial score (nSPS) is 25.4. The number of hydrogen-bond acceptors (Lipinski definition) is 3. The molecule has 0 radical (unpaired) electrons. The Morgan fingerprint density at radius 2 is 2.60 bits per heavy atom. The van der Waals surface area contributed by atoms with Crippen LogP contribution in [0.1, 0.15) is 18.9 Å². The number of hydrogen-bond donors (Lipinski definition) is 3. The third-order valence-corrected chi connectivity index (χ3v) is 2.92. The molecular formula is C10H16N4O. The molecule has 0 saturated carbocycles. The van der Waals surface area contributed by atoms with E-state index in [2.05, 4.69) is 20.8 Å². The molecule has 1 amide bonds. The standard InChI is InChI=1S/C10H16N4O/c1-10(2-3-11-7-10)9(15)12-4-8-5-13-14-6-8/h5-6,11H,2-4,7H2,1H3,(H,12,15)(H,13,14). The van der Waals surface area contributed by atoms with E-state index in [0.717, 1.165) is 25.1 Å². The van der Waals surface area contributed by atoms with Crippen molar-refractivity contribution in [1.82, 2.24) is 20.8 Å². The van der Waals surface area contributed by atoms with Crippen LogP contribution in [0.5, 0.6) is 0 Å². The van der Waals surface area contributed by atoms with Crippen LogP contribution in [0.2, 0.25) is 0 Å². The molecule has 5 heteroatoms.